The van der Waals surface area contributed by atoms with Gasteiger partial charge < -0.3 is 10.2 Å². The zero-order valence-corrected chi connectivity index (χ0v) is 10.5. The highest BCUT2D eigenvalue weighted by molar-refractivity contribution is 6.31. The Morgan fingerprint density at radius 3 is 2.56 bits per heavy atom. The van der Waals surface area contributed by atoms with Crippen LogP contribution in [0.15, 0.2) is 30.5 Å². The van der Waals surface area contributed by atoms with Gasteiger partial charge in [0.25, 0.3) is 5.91 Å². The number of rotatable bonds is 1. The number of anilines is 1. The number of hydrogen-bond acceptors (Lipinski definition) is 2. The van der Waals surface area contributed by atoms with E-state index in [9.17, 15) is 4.79 Å². The molecule has 1 fully saturated rings. The first-order valence-corrected chi connectivity index (χ1v) is 6.71. The van der Waals surface area contributed by atoms with Crippen molar-refractivity contribution in [2.24, 2.45) is 0 Å². The minimum absolute atomic E-state index is 0.0282. The molecule has 1 aromatic rings. The molecule has 0 spiro atoms. The van der Waals surface area contributed by atoms with Crippen LogP contribution < -0.4 is 5.32 Å². The summed E-state index contributed by atoms with van der Waals surface area (Å²) in [6.45, 7) is 2.14. The SMILES string of the molecule is O=C1Nc2ccccc2/C1=C\N1CCCCCC1. The summed E-state index contributed by atoms with van der Waals surface area (Å²) in [4.78, 5) is 14.3. The van der Waals surface area contributed by atoms with E-state index in [1.54, 1.807) is 0 Å². The number of nitrogens with one attached hydrogen (secondary N) is 1. The molecule has 3 nitrogen and oxygen atoms in total. The minimum atomic E-state index is 0.0282. The average molecular weight is 242 g/mol. The topological polar surface area (TPSA) is 32.3 Å². The van der Waals surface area contributed by atoms with Gasteiger partial charge in [-0.1, -0.05) is 31.0 Å². The number of likely N-dealkylation sites (tertiary alicyclic amines) is 1. The van der Waals surface area contributed by atoms with Gasteiger partial charge >= 0.3 is 0 Å². The molecule has 1 amide bonds. The van der Waals surface area contributed by atoms with Crippen LogP contribution in [0.25, 0.3) is 5.57 Å². The first-order chi connectivity index (χ1) is 8.84. The van der Waals surface area contributed by atoms with E-state index in [4.69, 9.17) is 0 Å². The zero-order valence-electron chi connectivity index (χ0n) is 10.5. The molecule has 2 aliphatic rings. The van der Waals surface area contributed by atoms with Crippen molar-refractivity contribution in [3.05, 3.63) is 36.0 Å². The maximum atomic E-state index is 12.0. The monoisotopic (exact) mass is 242 g/mol. The fourth-order valence-electron chi connectivity index (χ4n) is 2.67. The van der Waals surface area contributed by atoms with E-state index >= 15 is 0 Å². The molecule has 18 heavy (non-hydrogen) atoms. The molecule has 0 atom stereocenters. The number of nitrogens with zero attached hydrogens (tertiary/aromatic N) is 1. The summed E-state index contributed by atoms with van der Waals surface area (Å²) < 4.78 is 0. The van der Waals surface area contributed by atoms with Gasteiger partial charge in [0, 0.05) is 30.5 Å². The normalized spacial score (nSPS) is 21.7. The summed E-state index contributed by atoms with van der Waals surface area (Å²) in [5, 5.41) is 2.92. The van der Waals surface area contributed by atoms with Crippen LogP contribution in [0.2, 0.25) is 0 Å². The van der Waals surface area contributed by atoms with Crippen LogP contribution in [0.3, 0.4) is 0 Å². The molecular formula is C15H18N2O. The number of carbonyl (C=O) groups excluding carboxylic acids is 1. The number of benzene rings is 1. The Labute approximate surface area is 107 Å². The molecule has 2 heterocycles. The Hall–Kier alpha value is -1.77. The molecule has 0 bridgehead atoms. The summed E-state index contributed by atoms with van der Waals surface area (Å²) in [6.07, 6.45) is 7.12. The van der Waals surface area contributed by atoms with Gasteiger partial charge in [0.05, 0.1) is 5.57 Å². The lowest BCUT2D eigenvalue weighted by atomic mass is 10.1. The molecular weight excluding hydrogens is 224 g/mol. The van der Waals surface area contributed by atoms with Crippen molar-refractivity contribution in [3.63, 3.8) is 0 Å². The third-order valence-electron chi connectivity index (χ3n) is 3.66. The molecule has 3 heteroatoms. The van der Waals surface area contributed by atoms with Crippen LogP contribution in [0.4, 0.5) is 5.69 Å². The lowest BCUT2D eigenvalue weighted by Gasteiger charge is -2.18. The number of amides is 1. The molecule has 94 valence electrons. The van der Waals surface area contributed by atoms with Gasteiger partial charge in [0.1, 0.15) is 0 Å². The van der Waals surface area contributed by atoms with E-state index in [0.717, 1.165) is 29.9 Å². The Morgan fingerprint density at radius 2 is 1.78 bits per heavy atom. The van der Waals surface area contributed by atoms with Gasteiger partial charge in [-0.05, 0) is 18.9 Å². The van der Waals surface area contributed by atoms with Crippen molar-refractivity contribution in [1.29, 1.82) is 0 Å². The first kappa shape index (κ1) is 11.3. The quantitative estimate of drug-likeness (QED) is 0.768. The molecule has 0 saturated carbocycles. The van der Waals surface area contributed by atoms with Crippen molar-refractivity contribution in [3.8, 4) is 0 Å². The fraction of sp³-hybridized carbons (Fsp3) is 0.400. The van der Waals surface area contributed by atoms with Crippen molar-refractivity contribution in [2.45, 2.75) is 25.7 Å². The number of hydrogen-bond donors (Lipinski definition) is 1. The third kappa shape index (κ3) is 2.13. The summed E-state index contributed by atoms with van der Waals surface area (Å²) in [6, 6.07) is 7.90. The maximum absolute atomic E-state index is 12.0. The van der Waals surface area contributed by atoms with E-state index in [1.165, 1.54) is 25.7 Å². The second-order valence-corrected chi connectivity index (χ2v) is 4.99. The summed E-state index contributed by atoms with van der Waals surface area (Å²) in [5.41, 5.74) is 2.78. The standard InChI is InChI=1S/C15H18N2O/c18-15-13(11-17-9-5-1-2-6-10-17)12-7-3-4-8-14(12)16-15/h3-4,7-8,11H,1-2,5-6,9-10H2,(H,16,18)/b13-11+. The molecule has 1 saturated heterocycles. The van der Waals surface area contributed by atoms with Crippen molar-refractivity contribution in [2.75, 3.05) is 18.4 Å². The van der Waals surface area contributed by atoms with E-state index in [1.807, 2.05) is 30.5 Å². The van der Waals surface area contributed by atoms with Crippen LogP contribution in [-0.2, 0) is 4.79 Å². The van der Waals surface area contributed by atoms with E-state index in [-0.39, 0.29) is 5.91 Å². The largest absolute Gasteiger partial charge is 0.377 e. The van der Waals surface area contributed by atoms with Gasteiger partial charge in [-0.2, -0.15) is 0 Å². The Balaban J connectivity index is 1.88. The summed E-state index contributed by atoms with van der Waals surface area (Å²) in [7, 11) is 0. The zero-order chi connectivity index (χ0) is 12.4. The van der Waals surface area contributed by atoms with Gasteiger partial charge in [0.2, 0.25) is 0 Å². The van der Waals surface area contributed by atoms with Gasteiger partial charge in [-0.25, -0.2) is 0 Å². The van der Waals surface area contributed by atoms with Gasteiger partial charge in [-0.3, -0.25) is 4.79 Å². The van der Waals surface area contributed by atoms with E-state index in [0.29, 0.717) is 0 Å². The highest BCUT2D eigenvalue weighted by Gasteiger charge is 2.24. The number of carbonyl (C=O) groups is 1. The van der Waals surface area contributed by atoms with Gasteiger partial charge in [0.15, 0.2) is 0 Å². The Bertz CT molecular complexity index is 485. The predicted octanol–water partition coefficient (Wildman–Crippen LogP) is 2.86. The molecule has 1 aromatic carbocycles. The molecule has 2 aliphatic heterocycles. The first-order valence-electron chi connectivity index (χ1n) is 6.71. The predicted molar refractivity (Wildman–Crippen MR) is 73.1 cm³/mol. The molecule has 0 aliphatic carbocycles. The summed E-state index contributed by atoms with van der Waals surface area (Å²) in [5.74, 6) is 0.0282. The van der Waals surface area contributed by atoms with Crippen molar-refractivity contribution in [1.82, 2.24) is 4.90 Å². The Kier molecular flexibility index (Phi) is 3.05. The lowest BCUT2D eigenvalue weighted by molar-refractivity contribution is -0.110. The number of fused-ring (bicyclic) bond motifs is 1. The molecule has 3 rings (SSSR count). The van der Waals surface area contributed by atoms with Crippen LogP contribution >= 0.6 is 0 Å². The third-order valence-corrected chi connectivity index (χ3v) is 3.66. The average Bonchev–Trinajstić information content (AvgIpc) is 2.57. The highest BCUT2D eigenvalue weighted by Crippen LogP contribution is 2.31. The molecule has 1 N–H and O–H groups in total. The van der Waals surface area contributed by atoms with Crippen molar-refractivity contribution >= 4 is 17.2 Å². The second-order valence-electron chi connectivity index (χ2n) is 4.99. The van der Waals surface area contributed by atoms with Crippen LogP contribution in [-0.4, -0.2) is 23.9 Å². The molecule has 0 aromatic heterocycles. The maximum Gasteiger partial charge on any atom is 0.257 e. The van der Waals surface area contributed by atoms with Crippen molar-refractivity contribution < 1.29 is 4.79 Å². The van der Waals surface area contributed by atoms with E-state index in [2.05, 4.69) is 10.2 Å². The smallest absolute Gasteiger partial charge is 0.257 e. The van der Waals surface area contributed by atoms with Crippen LogP contribution in [0.5, 0.6) is 0 Å². The van der Waals surface area contributed by atoms with Crippen LogP contribution in [0.1, 0.15) is 31.2 Å². The number of para-hydroxylation sites is 1. The molecule has 0 unspecified atom stereocenters. The Morgan fingerprint density at radius 1 is 1.06 bits per heavy atom. The van der Waals surface area contributed by atoms with Crippen LogP contribution in [0, 0.1) is 0 Å². The fourth-order valence-corrected chi connectivity index (χ4v) is 2.67. The summed E-state index contributed by atoms with van der Waals surface area (Å²) >= 11 is 0. The lowest BCUT2D eigenvalue weighted by Crippen LogP contribution is -2.19. The second kappa shape index (κ2) is 4.84. The van der Waals surface area contributed by atoms with E-state index < -0.39 is 0 Å². The van der Waals surface area contributed by atoms with Gasteiger partial charge in [-0.15, -0.1) is 0 Å². The highest BCUT2D eigenvalue weighted by atomic mass is 16.2. The minimum Gasteiger partial charge on any atom is -0.377 e. The molecule has 0 radical (unpaired) electrons.